The van der Waals surface area contributed by atoms with Crippen LogP contribution in [0.2, 0.25) is 0 Å². The van der Waals surface area contributed by atoms with Crippen LogP contribution in [0, 0.1) is 0 Å². The Morgan fingerprint density at radius 2 is 1.94 bits per heavy atom. The number of amides is 1. The van der Waals surface area contributed by atoms with Gasteiger partial charge in [0.2, 0.25) is 0 Å². The molecule has 0 heterocycles. The molecule has 0 bridgehead atoms. The van der Waals surface area contributed by atoms with E-state index in [-0.39, 0.29) is 25.0 Å². The van der Waals surface area contributed by atoms with Gasteiger partial charge < -0.3 is 14.8 Å². The summed E-state index contributed by atoms with van der Waals surface area (Å²) in [5.74, 6) is -0.685. The van der Waals surface area contributed by atoms with Crippen LogP contribution in [0.4, 0.5) is 4.79 Å². The third-order valence-electron chi connectivity index (χ3n) is 2.65. The number of ether oxygens (including phenoxy) is 2. The van der Waals surface area contributed by atoms with E-state index in [4.69, 9.17) is 4.74 Å². The normalized spacial score (nSPS) is 23.7. The van der Waals surface area contributed by atoms with E-state index in [0.717, 1.165) is 0 Å². The highest BCUT2D eigenvalue weighted by atomic mass is 16.6. The van der Waals surface area contributed by atoms with Crippen LogP contribution in [0.5, 0.6) is 0 Å². The number of methoxy groups -OCH3 is 1. The van der Waals surface area contributed by atoms with Crippen LogP contribution in [0.1, 0.15) is 40.0 Å². The van der Waals surface area contributed by atoms with E-state index >= 15 is 0 Å². The quantitative estimate of drug-likeness (QED) is 0.751. The third kappa shape index (κ3) is 3.45. The zero-order valence-corrected chi connectivity index (χ0v) is 11.2. The van der Waals surface area contributed by atoms with Crippen molar-refractivity contribution in [2.45, 2.75) is 51.2 Å². The van der Waals surface area contributed by atoms with Gasteiger partial charge in [0.15, 0.2) is 0 Å². The number of alkyl carbamates (subject to hydrolysis) is 1. The molecule has 0 spiro atoms. The van der Waals surface area contributed by atoms with Crippen LogP contribution in [-0.2, 0) is 19.1 Å². The van der Waals surface area contributed by atoms with Gasteiger partial charge in [-0.15, -0.1) is 0 Å². The molecule has 1 rings (SSSR count). The molecule has 0 saturated heterocycles. The van der Waals surface area contributed by atoms with E-state index in [1.54, 1.807) is 20.8 Å². The van der Waals surface area contributed by atoms with Gasteiger partial charge in [0.1, 0.15) is 16.9 Å². The van der Waals surface area contributed by atoms with Crippen molar-refractivity contribution in [2.24, 2.45) is 0 Å². The first-order valence-electron chi connectivity index (χ1n) is 5.80. The number of nitrogens with one attached hydrogen (secondary N) is 1. The molecule has 6 nitrogen and oxygen atoms in total. The molecule has 6 heteroatoms. The van der Waals surface area contributed by atoms with Crippen molar-refractivity contribution in [3.05, 3.63) is 0 Å². The third-order valence-corrected chi connectivity index (χ3v) is 2.65. The van der Waals surface area contributed by atoms with Crippen LogP contribution in [0.15, 0.2) is 0 Å². The zero-order valence-electron chi connectivity index (χ0n) is 11.2. The summed E-state index contributed by atoms with van der Waals surface area (Å²) in [6.45, 7) is 5.16. The summed E-state index contributed by atoms with van der Waals surface area (Å²) >= 11 is 0. The molecule has 102 valence electrons. The fraction of sp³-hybridized carbons (Fsp3) is 0.750. The van der Waals surface area contributed by atoms with Gasteiger partial charge in [-0.2, -0.15) is 0 Å². The maximum absolute atomic E-state index is 11.7. The van der Waals surface area contributed by atoms with Crippen molar-refractivity contribution in [1.82, 2.24) is 5.32 Å². The molecule has 0 aromatic carbocycles. The molecular weight excluding hydrogens is 238 g/mol. The average Bonchev–Trinajstić information content (AvgIpc) is 2.57. The first-order valence-corrected chi connectivity index (χ1v) is 5.80. The van der Waals surface area contributed by atoms with Gasteiger partial charge in [0, 0.05) is 12.8 Å². The number of carbonyl (C=O) groups is 3. The van der Waals surface area contributed by atoms with Gasteiger partial charge in [0.25, 0.3) is 0 Å². The highest BCUT2D eigenvalue weighted by molar-refractivity contribution is 5.95. The fourth-order valence-corrected chi connectivity index (χ4v) is 1.89. The van der Waals surface area contributed by atoms with Crippen LogP contribution >= 0.6 is 0 Å². The van der Waals surface area contributed by atoms with E-state index in [0.29, 0.717) is 0 Å². The Balaban J connectivity index is 2.78. The van der Waals surface area contributed by atoms with Crippen molar-refractivity contribution in [3.8, 4) is 0 Å². The number of Topliss-reactive ketones (excluding diaryl/α,β-unsaturated/α-hetero) is 1. The summed E-state index contributed by atoms with van der Waals surface area (Å²) in [4.78, 5) is 34.8. The summed E-state index contributed by atoms with van der Waals surface area (Å²) < 4.78 is 9.74. The van der Waals surface area contributed by atoms with Crippen molar-refractivity contribution >= 4 is 17.8 Å². The highest BCUT2D eigenvalue weighted by Crippen LogP contribution is 2.28. The maximum Gasteiger partial charge on any atom is 0.408 e. The number of esters is 1. The van der Waals surface area contributed by atoms with E-state index in [9.17, 15) is 14.4 Å². The molecule has 18 heavy (non-hydrogen) atoms. The molecule has 1 aliphatic rings. The van der Waals surface area contributed by atoms with E-state index in [1.807, 2.05) is 0 Å². The minimum atomic E-state index is -1.27. The first-order chi connectivity index (χ1) is 8.18. The molecule has 1 amide bonds. The molecule has 1 saturated carbocycles. The van der Waals surface area contributed by atoms with E-state index < -0.39 is 23.2 Å². The monoisotopic (exact) mass is 257 g/mol. The SMILES string of the molecule is COC(=O)C1(NC(=O)OC(C)(C)C)CCC(=O)C1. The summed E-state index contributed by atoms with van der Waals surface area (Å²) in [6, 6.07) is 0. The Kier molecular flexibility index (Phi) is 3.98. The highest BCUT2D eigenvalue weighted by Gasteiger charge is 2.48. The number of hydrogen-bond acceptors (Lipinski definition) is 5. The molecule has 1 aliphatic carbocycles. The van der Waals surface area contributed by atoms with E-state index in [2.05, 4.69) is 10.1 Å². The van der Waals surface area contributed by atoms with Crippen LogP contribution in [0.3, 0.4) is 0 Å². The lowest BCUT2D eigenvalue weighted by Gasteiger charge is -2.28. The molecule has 1 fully saturated rings. The predicted octanol–water partition coefficient (Wildman–Crippen LogP) is 1.18. The topological polar surface area (TPSA) is 81.7 Å². The largest absolute Gasteiger partial charge is 0.467 e. The number of hydrogen-bond donors (Lipinski definition) is 1. The zero-order chi connectivity index (χ0) is 14.0. The standard InChI is InChI=1S/C12H19NO5/c1-11(2,3)18-10(16)13-12(9(15)17-4)6-5-8(14)7-12/h5-7H2,1-4H3,(H,13,16). The molecule has 0 aromatic heterocycles. The van der Waals surface area contributed by atoms with Crippen molar-refractivity contribution in [1.29, 1.82) is 0 Å². The summed E-state index contributed by atoms with van der Waals surface area (Å²) in [6.07, 6.45) is -0.260. The minimum absolute atomic E-state index is 0.0427. The minimum Gasteiger partial charge on any atom is -0.467 e. The molecule has 1 atom stereocenters. The van der Waals surface area contributed by atoms with E-state index in [1.165, 1.54) is 7.11 Å². The molecule has 1 unspecified atom stereocenters. The lowest BCUT2D eigenvalue weighted by Crippen LogP contribution is -2.54. The van der Waals surface area contributed by atoms with Gasteiger partial charge in [-0.05, 0) is 27.2 Å². The second kappa shape index (κ2) is 4.96. The molecular formula is C12H19NO5. The smallest absolute Gasteiger partial charge is 0.408 e. The lowest BCUT2D eigenvalue weighted by atomic mass is 9.98. The van der Waals surface area contributed by atoms with Gasteiger partial charge in [-0.1, -0.05) is 0 Å². The average molecular weight is 257 g/mol. The van der Waals surface area contributed by atoms with Crippen LogP contribution in [0.25, 0.3) is 0 Å². The molecule has 0 aromatic rings. The Morgan fingerprint density at radius 1 is 1.33 bits per heavy atom. The predicted molar refractivity (Wildman–Crippen MR) is 63.0 cm³/mol. The maximum atomic E-state index is 11.7. The lowest BCUT2D eigenvalue weighted by molar-refractivity contribution is -0.149. The molecule has 0 radical (unpaired) electrons. The molecule has 0 aliphatic heterocycles. The van der Waals surface area contributed by atoms with Gasteiger partial charge in [-0.3, -0.25) is 4.79 Å². The van der Waals surface area contributed by atoms with Crippen molar-refractivity contribution in [3.63, 3.8) is 0 Å². The molecule has 1 N–H and O–H groups in total. The van der Waals surface area contributed by atoms with Crippen LogP contribution < -0.4 is 5.32 Å². The van der Waals surface area contributed by atoms with Crippen LogP contribution in [-0.4, -0.2) is 36.1 Å². The Bertz CT molecular complexity index is 371. The summed E-state index contributed by atoms with van der Waals surface area (Å²) in [7, 11) is 1.23. The Hall–Kier alpha value is -1.59. The fourth-order valence-electron chi connectivity index (χ4n) is 1.89. The van der Waals surface area contributed by atoms with Crippen molar-refractivity contribution in [2.75, 3.05) is 7.11 Å². The Morgan fingerprint density at radius 3 is 2.33 bits per heavy atom. The number of carbonyl (C=O) groups excluding carboxylic acids is 3. The first kappa shape index (κ1) is 14.5. The Labute approximate surface area is 106 Å². The van der Waals surface area contributed by atoms with Crippen molar-refractivity contribution < 1.29 is 23.9 Å². The second-order valence-electron chi connectivity index (χ2n) is 5.42. The van der Waals surface area contributed by atoms with Gasteiger partial charge >= 0.3 is 12.1 Å². The summed E-state index contributed by atoms with van der Waals surface area (Å²) in [5, 5.41) is 2.47. The summed E-state index contributed by atoms with van der Waals surface area (Å²) in [5.41, 5.74) is -1.93. The second-order valence-corrected chi connectivity index (χ2v) is 5.42. The number of ketones is 1. The number of rotatable bonds is 2. The van der Waals surface area contributed by atoms with Gasteiger partial charge in [0.05, 0.1) is 7.11 Å². The van der Waals surface area contributed by atoms with Gasteiger partial charge in [-0.25, -0.2) is 9.59 Å².